The van der Waals surface area contributed by atoms with Crippen LogP contribution in [-0.4, -0.2) is 6.29 Å². The largest absolute Gasteiger partial charge is 0.298 e. The van der Waals surface area contributed by atoms with E-state index < -0.39 is 0 Å². The molecule has 12 heavy (non-hydrogen) atoms. The van der Waals surface area contributed by atoms with E-state index in [9.17, 15) is 4.79 Å². The summed E-state index contributed by atoms with van der Waals surface area (Å²) in [5, 5.41) is 0.724. The van der Waals surface area contributed by atoms with E-state index in [1.165, 1.54) is 0 Å². The molecule has 0 aliphatic rings. The first kappa shape index (κ1) is 9.27. The number of aryl methyl sites for hydroxylation is 1. The van der Waals surface area contributed by atoms with Gasteiger partial charge in [0.1, 0.15) is 6.29 Å². The summed E-state index contributed by atoms with van der Waals surface area (Å²) < 4.78 is 0. The summed E-state index contributed by atoms with van der Waals surface area (Å²) in [6, 6.07) is 3.68. The molecular weight excluding hydrogens is 172 g/mol. The normalized spacial score (nSPS) is 9.92. The Morgan fingerprint density at radius 3 is 2.67 bits per heavy atom. The van der Waals surface area contributed by atoms with E-state index in [-0.39, 0.29) is 0 Å². The third kappa shape index (κ3) is 1.51. The molecule has 64 valence electrons. The second kappa shape index (κ2) is 3.72. The van der Waals surface area contributed by atoms with E-state index in [1.807, 2.05) is 26.0 Å². The van der Waals surface area contributed by atoms with Gasteiger partial charge in [0, 0.05) is 10.6 Å². The molecule has 0 N–H and O–H groups in total. The van der Waals surface area contributed by atoms with Crippen molar-refractivity contribution in [3.8, 4) is 0 Å². The molecule has 0 unspecified atom stereocenters. The molecule has 1 nitrogen and oxygen atoms in total. The molecule has 0 fully saturated rings. The molecule has 0 aromatic heterocycles. The minimum Gasteiger partial charge on any atom is -0.298 e. The molecule has 0 heterocycles. The fourth-order valence-corrected chi connectivity index (χ4v) is 1.53. The maximum Gasteiger partial charge on any atom is 0.150 e. The van der Waals surface area contributed by atoms with E-state index >= 15 is 0 Å². The van der Waals surface area contributed by atoms with Gasteiger partial charge in [-0.2, -0.15) is 0 Å². The molecule has 0 radical (unpaired) electrons. The van der Waals surface area contributed by atoms with Crippen LogP contribution in [-0.2, 0) is 6.42 Å². The number of carbonyl (C=O) groups is 1. The predicted octanol–water partition coefficient (Wildman–Crippen LogP) is 3.02. The number of carbonyl (C=O) groups excluding carboxylic acids is 1. The van der Waals surface area contributed by atoms with Gasteiger partial charge in [0.2, 0.25) is 0 Å². The summed E-state index contributed by atoms with van der Waals surface area (Å²) >= 11 is 6.02. The molecule has 1 rings (SSSR count). The monoisotopic (exact) mass is 182 g/mol. The molecule has 0 atom stereocenters. The minimum atomic E-state index is 0.702. The lowest BCUT2D eigenvalue weighted by Crippen LogP contribution is -1.93. The Morgan fingerprint density at radius 1 is 1.50 bits per heavy atom. The van der Waals surface area contributed by atoms with Crippen molar-refractivity contribution in [3.05, 3.63) is 33.8 Å². The average Bonchev–Trinajstić information content (AvgIpc) is 2.09. The summed E-state index contributed by atoms with van der Waals surface area (Å²) in [5.41, 5.74) is 2.68. The lowest BCUT2D eigenvalue weighted by atomic mass is 10.0. The van der Waals surface area contributed by atoms with E-state index in [1.54, 1.807) is 0 Å². The van der Waals surface area contributed by atoms with Gasteiger partial charge in [0.25, 0.3) is 0 Å². The molecule has 0 saturated carbocycles. The third-order valence-corrected chi connectivity index (χ3v) is 2.48. The fourth-order valence-electron chi connectivity index (χ4n) is 1.22. The molecule has 0 spiro atoms. The van der Waals surface area contributed by atoms with Crippen molar-refractivity contribution in [2.75, 3.05) is 0 Å². The van der Waals surface area contributed by atoms with Crippen molar-refractivity contribution in [1.29, 1.82) is 0 Å². The minimum absolute atomic E-state index is 0.702. The molecule has 1 aromatic carbocycles. The first-order chi connectivity index (χ1) is 5.70. The summed E-state index contributed by atoms with van der Waals surface area (Å²) in [4.78, 5) is 10.6. The van der Waals surface area contributed by atoms with E-state index in [4.69, 9.17) is 11.6 Å². The number of hydrogen-bond acceptors (Lipinski definition) is 1. The van der Waals surface area contributed by atoms with Gasteiger partial charge >= 0.3 is 0 Å². The number of rotatable bonds is 2. The van der Waals surface area contributed by atoms with Gasteiger partial charge in [-0.05, 0) is 24.5 Å². The highest BCUT2D eigenvalue weighted by Crippen LogP contribution is 2.23. The molecule has 0 saturated heterocycles. The van der Waals surface area contributed by atoms with Crippen molar-refractivity contribution >= 4 is 17.9 Å². The summed E-state index contributed by atoms with van der Waals surface area (Å²) in [7, 11) is 0. The standard InChI is InChI=1S/C10H11ClO/c1-3-9-8(6-12)5-4-7(2)10(9)11/h4-6H,3H2,1-2H3. The van der Waals surface area contributed by atoms with E-state index in [0.29, 0.717) is 5.56 Å². The SMILES string of the molecule is CCc1c(C=O)ccc(C)c1Cl. The van der Waals surface area contributed by atoms with Gasteiger partial charge in [-0.1, -0.05) is 30.7 Å². The molecule has 0 aliphatic carbocycles. The predicted molar refractivity (Wildman–Crippen MR) is 51.0 cm³/mol. The quantitative estimate of drug-likeness (QED) is 0.643. The highest BCUT2D eigenvalue weighted by Gasteiger charge is 2.06. The second-order valence-corrected chi connectivity index (χ2v) is 3.11. The van der Waals surface area contributed by atoms with Crippen molar-refractivity contribution in [2.45, 2.75) is 20.3 Å². The Labute approximate surface area is 77.4 Å². The van der Waals surface area contributed by atoms with Crippen LogP contribution in [0.2, 0.25) is 5.02 Å². The lowest BCUT2D eigenvalue weighted by Gasteiger charge is -2.06. The zero-order valence-corrected chi connectivity index (χ0v) is 7.98. The van der Waals surface area contributed by atoms with Crippen molar-refractivity contribution < 1.29 is 4.79 Å². The summed E-state index contributed by atoms with van der Waals surface area (Å²) in [6.07, 6.45) is 1.65. The van der Waals surface area contributed by atoms with Gasteiger partial charge in [-0.25, -0.2) is 0 Å². The Bertz CT molecular complexity index is 305. The molecule has 0 aliphatic heterocycles. The lowest BCUT2D eigenvalue weighted by molar-refractivity contribution is 0.112. The Balaban J connectivity index is 3.35. The van der Waals surface area contributed by atoms with Crippen LogP contribution in [0.5, 0.6) is 0 Å². The first-order valence-electron chi connectivity index (χ1n) is 3.93. The molecule has 0 bridgehead atoms. The molecule has 2 heteroatoms. The third-order valence-electron chi connectivity index (χ3n) is 1.95. The van der Waals surface area contributed by atoms with Crippen LogP contribution in [0.1, 0.15) is 28.4 Å². The fraction of sp³-hybridized carbons (Fsp3) is 0.300. The average molecular weight is 183 g/mol. The summed E-state index contributed by atoms with van der Waals surface area (Å²) in [6.45, 7) is 3.93. The highest BCUT2D eigenvalue weighted by molar-refractivity contribution is 6.32. The van der Waals surface area contributed by atoms with Crippen molar-refractivity contribution in [1.82, 2.24) is 0 Å². The molecule has 1 aromatic rings. The topological polar surface area (TPSA) is 17.1 Å². The van der Waals surface area contributed by atoms with Gasteiger partial charge < -0.3 is 0 Å². The first-order valence-corrected chi connectivity index (χ1v) is 4.31. The molecular formula is C10H11ClO. The van der Waals surface area contributed by atoms with Crippen LogP contribution in [0.15, 0.2) is 12.1 Å². The maximum absolute atomic E-state index is 10.6. The van der Waals surface area contributed by atoms with Crippen LogP contribution < -0.4 is 0 Å². The number of hydrogen-bond donors (Lipinski definition) is 0. The van der Waals surface area contributed by atoms with Gasteiger partial charge in [0.05, 0.1) is 0 Å². The Kier molecular flexibility index (Phi) is 2.88. The number of halogens is 1. The number of benzene rings is 1. The maximum atomic E-state index is 10.6. The van der Waals surface area contributed by atoms with E-state index in [2.05, 4.69) is 0 Å². The van der Waals surface area contributed by atoms with Crippen LogP contribution in [0.3, 0.4) is 0 Å². The Morgan fingerprint density at radius 2 is 2.17 bits per heavy atom. The summed E-state index contributed by atoms with van der Waals surface area (Å²) in [5.74, 6) is 0. The van der Waals surface area contributed by atoms with Crippen LogP contribution in [0, 0.1) is 6.92 Å². The number of aldehydes is 1. The van der Waals surface area contributed by atoms with Crippen LogP contribution in [0.25, 0.3) is 0 Å². The van der Waals surface area contributed by atoms with Gasteiger partial charge in [-0.3, -0.25) is 4.79 Å². The second-order valence-electron chi connectivity index (χ2n) is 2.74. The van der Waals surface area contributed by atoms with Crippen LogP contribution in [0.4, 0.5) is 0 Å². The molecule has 0 amide bonds. The van der Waals surface area contributed by atoms with Gasteiger partial charge in [0.15, 0.2) is 0 Å². The van der Waals surface area contributed by atoms with Crippen LogP contribution >= 0.6 is 11.6 Å². The van der Waals surface area contributed by atoms with Crippen molar-refractivity contribution in [3.63, 3.8) is 0 Å². The zero-order valence-electron chi connectivity index (χ0n) is 7.23. The smallest absolute Gasteiger partial charge is 0.150 e. The van der Waals surface area contributed by atoms with Gasteiger partial charge in [-0.15, -0.1) is 0 Å². The Hall–Kier alpha value is -0.820. The van der Waals surface area contributed by atoms with Crippen molar-refractivity contribution in [2.24, 2.45) is 0 Å². The highest BCUT2D eigenvalue weighted by atomic mass is 35.5. The zero-order chi connectivity index (χ0) is 9.14. The van der Waals surface area contributed by atoms with E-state index in [0.717, 1.165) is 28.9 Å².